The minimum Gasteiger partial charge on any atom is -0.316 e. The van der Waals surface area contributed by atoms with Crippen molar-refractivity contribution in [1.29, 1.82) is 0 Å². The van der Waals surface area contributed by atoms with Crippen molar-refractivity contribution in [3.05, 3.63) is 23.9 Å². The molecule has 0 aliphatic heterocycles. The van der Waals surface area contributed by atoms with Crippen molar-refractivity contribution in [3.8, 4) is 0 Å². The second-order valence-corrected chi connectivity index (χ2v) is 6.64. The first kappa shape index (κ1) is 16.1. The van der Waals surface area contributed by atoms with Crippen molar-refractivity contribution in [2.75, 3.05) is 14.1 Å². The van der Waals surface area contributed by atoms with Crippen LogP contribution in [-0.4, -0.2) is 37.8 Å². The van der Waals surface area contributed by atoms with Gasteiger partial charge in [-0.15, -0.1) is 0 Å². The number of pyridine rings is 1. The summed E-state index contributed by atoms with van der Waals surface area (Å²) in [6.45, 7) is 4.63. The molecule has 0 saturated heterocycles. The number of nitrogens with one attached hydrogen (secondary N) is 1. The molecular weight excluding hydrogens is 262 g/mol. The number of hydrogen-bond acceptors (Lipinski definition) is 4. The van der Waals surface area contributed by atoms with E-state index in [1.807, 2.05) is 20.9 Å². The van der Waals surface area contributed by atoms with E-state index in [9.17, 15) is 8.42 Å². The summed E-state index contributed by atoms with van der Waals surface area (Å²) in [5.74, 6) is 0. The van der Waals surface area contributed by atoms with Gasteiger partial charge in [-0.1, -0.05) is 19.4 Å². The van der Waals surface area contributed by atoms with Crippen molar-refractivity contribution in [2.45, 2.75) is 44.3 Å². The Morgan fingerprint density at radius 3 is 2.58 bits per heavy atom. The van der Waals surface area contributed by atoms with Gasteiger partial charge >= 0.3 is 0 Å². The van der Waals surface area contributed by atoms with E-state index in [-0.39, 0.29) is 11.1 Å². The van der Waals surface area contributed by atoms with Gasteiger partial charge in [-0.3, -0.25) is 0 Å². The number of hydrogen-bond donors (Lipinski definition) is 1. The van der Waals surface area contributed by atoms with Crippen molar-refractivity contribution in [2.24, 2.45) is 0 Å². The Labute approximate surface area is 116 Å². The molecule has 1 unspecified atom stereocenters. The largest absolute Gasteiger partial charge is 0.316 e. The molecule has 0 fully saturated rings. The lowest BCUT2D eigenvalue weighted by molar-refractivity contribution is 0.367. The average Bonchev–Trinajstić information content (AvgIpc) is 2.39. The van der Waals surface area contributed by atoms with Crippen LogP contribution in [0.4, 0.5) is 0 Å². The maximum atomic E-state index is 12.4. The number of aromatic nitrogens is 1. The second kappa shape index (κ2) is 6.98. The van der Waals surface area contributed by atoms with Gasteiger partial charge in [-0.25, -0.2) is 13.4 Å². The monoisotopic (exact) mass is 285 g/mol. The molecule has 0 radical (unpaired) electrons. The van der Waals surface area contributed by atoms with E-state index in [4.69, 9.17) is 0 Å². The first-order valence-electron chi connectivity index (χ1n) is 6.51. The summed E-state index contributed by atoms with van der Waals surface area (Å²) in [5, 5.41) is 3.11. The first-order chi connectivity index (χ1) is 8.93. The summed E-state index contributed by atoms with van der Waals surface area (Å²) >= 11 is 0. The van der Waals surface area contributed by atoms with Crippen LogP contribution >= 0.6 is 0 Å². The lowest BCUT2D eigenvalue weighted by Crippen LogP contribution is -2.35. The minimum atomic E-state index is -3.49. The number of nitrogens with zero attached hydrogens (tertiary/aromatic N) is 2. The SMILES string of the molecule is CCCC(C)N(C)S(=O)(=O)c1ccc(CNC)cn1. The normalized spacial score (nSPS) is 13.7. The zero-order valence-electron chi connectivity index (χ0n) is 12.0. The minimum absolute atomic E-state index is 0.0196. The average molecular weight is 285 g/mol. The molecule has 108 valence electrons. The van der Waals surface area contributed by atoms with Gasteiger partial charge in [0.1, 0.15) is 0 Å². The molecule has 0 saturated carbocycles. The highest BCUT2D eigenvalue weighted by molar-refractivity contribution is 7.89. The lowest BCUT2D eigenvalue weighted by atomic mass is 10.2. The molecular formula is C13H23N3O2S. The zero-order chi connectivity index (χ0) is 14.5. The highest BCUT2D eigenvalue weighted by Crippen LogP contribution is 2.16. The Kier molecular flexibility index (Phi) is 5.90. The summed E-state index contributed by atoms with van der Waals surface area (Å²) in [5.41, 5.74) is 0.964. The molecule has 0 amide bonds. The molecule has 6 heteroatoms. The van der Waals surface area contributed by atoms with E-state index < -0.39 is 10.0 Å². The summed E-state index contributed by atoms with van der Waals surface area (Å²) in [4.78, 5) is 4.06. The fourth-order valence-electron chi connectivity index (χ4n) is 1.86. The van der Waals surface area contributed by atoms with E-state index in [0.717, 1.165) is 18.4 Å². The van der Waals surface area contributed by atoms with Gasteiger partial charge in [-0.2, -0.15) is 4.31 Å². The van der Waals surface area contributed by atoms with Gasteiger partial charge in [0.05, 0.1) is 0 Å². The Morgan fingerprint density at radius 1 is 1.42 bits per heavy atom. The van der Waals surface area contributed by atoms with Crippen LogP contribution in [-0.2, 0) is 16.6 Å². The lowest BCUT2D eigenvalue weighted by Gasteiger charge is -2.23. The third-order valence-electron chi connectivity index (χ3n) is 3.15. The Morgan fingerprint density at radius 2 is 2.11 bits per heavy atom. The molecule has 1 heterocycles. The Bertz CT molecular complexity index is 485. The van der Waals surface area contributed by atoms with Gasteiger partial charge in [0, 0.05) is 25.8 Å². The van der Waals surface area contributed by atoms with E-state index in [1.165, 1.54) is 4.31 Å². The molecule has 0 aromatic carbocycles. The third kappa shape index (κ3) is 3.99. The maximum absolute atomic E-state index is 12.4. The van der Waals surface area contributed by atoms with E-state index in [2.05, 4.69) is 10.3 Å². The Balaban J connectivity index is 2.93. The maximum Gasteiger partial charge on any atom is 0.260 e. The molecule has 1 atom stereocenters. The highest BCUT2D eigenvalue weighted by Gasteiger charge is 2.25. The zero-order valence-corrected chi connectivity index (χ0v) is 12.9. The van der Waals surface area contributed by atoms with Crippen LogP contribution in [0.1, 0.15) is 32.3 Å². The van der Waals surface area contributed by atoms with Gasteiger partial charge in [0.25, 0.3) is 10.0 Å². The van der Waals surface area contributed by atoms with E-state index in [0.29, 0.717) is 6.54 Å². The van der Waals surface area contributed by atoms with Gasteiger partial charge in [0.2, 0.25) is 0 Å². The molecule has 0 spiro atoms. The summed E-state index contributed by atoms with van der Waals surface area (Å²) in [7, 11) is -0.0422. The van der Waals surface area contributed by atoms with E-state index >= 15 is 0 Å². The van der Waals surface area contributed by atoms with E-state index in [1.54, 1.807) is 25.4 Å². The van der Waals surface area contributed by atoms with Crippen LogP contribution < -0.4 is 5.32 Å². The van der Waals surface area contributed by atoms with Crippen LogP contribution in [0.2, 0.25) is 0 Å². The molecule has 19 heavy (non-hydrogen) atoms. The molecule has 1 rings (SSSR count). The van der Waals surface area contributed by atoms with Crippen molar-refractivity contribution < 1.29 is 8.42 Å². The van der Waals surface area contributed by atoms with Gasteiger partial charge < -0.3 is 5.32 Å². The molecule has 1 aromatic heterocycles. The second-order valence-electron chi connectivity index (χ2n) is 4.69. The van der Waals surface area contributed by atoms with Crippen molar-refractivity contribution in [1.82, 2.24) is 14.6 Å². The predicted octanol–water partition coefficient (Wildman–Crippen LogP) is 1.61. The van der Waals surface area contributed by atoms with Crippen LogP contribution in [0.25, 0.3) is 0 Å². The van der Waals surface area contributed by atoms with Crippen LogP contribution in [0.3, 0.4) is 0 Å². The highest BCUT2D eigenvalue weighted by atomic mass is 32.2. The molecule has 5 nitrogen and oxygen atoms in total. The summed E-state index contributed by atoms with van der Waals surface area (Å²) in [6.07, 6.45) is 3.39. The van der Waals surface area contributed by atoms with Gasteiger partial charge in [0.15, 0.2) is 5.03 Å². The molecule has 0 aliphatic rings. The van der Waals surface area contributed by atoms with Crippen molar-refractivity contribution >= 4 is 10.0 Å². The van der Waals surface area contributed by atoms with Crippen LogP contribution in [0.15, 0.2) is 23.4 Å². The van der Waals surface area contributed by atoms with Crippen LogP contribution in [0.5, 0.6) is 0 Å². The van der Waals surface area contributed by atoms with Crippen molar-refractivity contribution in [3.63, 3.8) is 0 Å². The topological polar surface area (TPSA) is 62.3 Å². The first-order valence-corrected chi connectivity index (χ1v) is 7.95. The summed E-state index contributed by atoms with van der Waals surface area (Å²) in [6, 6.07) is 3.33. The number of rotatable bonds is 7. The fraction of sp³-hybridized carbons (Fsp3) is 0.615. The predicted molar refractivity (Wildman–Crippen MR) is 76.3 cm³/mol. The standard InChI is InChI=1S/C13H23N3O2S/c1-5-6-11(2)16(4)19(17,18)13-8-7-12(9-14-3)10-15-13/h7-8,10-11,14H,5-6,9H2,1-4H3. The number of sulfonamides is 1. The molecule has 1 aromatic rings. The fourth-order valence-corrected chi connectivity index (χ4v) is 3.16. The smallest absolute Gasteiger partial charge is 0.260 e. The molecule has 1 N–H and O–H groups in total. The van der Waals surface area contributed by atoms with Crippen LogP contribution in [0, 0.1) is 0 Å². The molecule has 0 aliphatic carbocycles. The van der Waals surface area contributed by atoms with Gasteiger partial charge in [-0.05, 0) is 32.0 Å². The quantitative estimate of drug-likeness (QED) is 0.827. The third-order valence-corrected chi connectivity index (χ3v) is 5.04. The summed E-state index contributed by atoms with van der Waals surface area (Å²) < 4.78 is 26.1. The molecule has 0 bridgehead atoms. The Hall–Kier alpha value is -0.980.